The molecule has 4 rings (SSSR count). The predicted molar refractivity (Wildman–Crippen MR) is 179 cm³/mol. The average molecular weight is 644 g/mol. The van der Waals surface area contributed by atoms with Crippen molar-refractivity contribution < 1.29 is 27.9 Å². The third-order valence-electron chi connectivity index (χ3n) is 7.49. The van der Waals surface area contributed by atoms with Crippen LogP contribution in [-0.2, 0) is 28.6 Å². The molecule has 0 bridgehead atoms. The largest absolute Gasteiger partial charge is 0.497 e. The number of aliphatic hydroxyl groups is 1. The number of aliphatic hydroxyl groups excluding tert-OH is 1. The maximum Gasteiger partial charge on any atom is 0.251 e. The van der Waals surface area contributed by atoms with Gasteiger partial charge in [0.2, 0.25) is 0 Å². The third kappa shape index (κ3) is 10.5. The molecule has 0 aliphatic rings. The van der Waals surface area contributed by atoms with E-state index in [1.807, 2.05) is 91.9 Å². The molecule has 2 amide bonds. The molecule has 0 fully saturated rings. The Morgan fingerprint density at radius 1 is 0.783 bits per heavy atom. The van der Waals surface area contributed by atoms with E-state index in [0.29, 0.717) is 18.5 Å². The van der Waals surface area contributed by atoms with Crippen LogP contribution in [0.2, 0.25) is 0 Å². The van der Waals surface area contributed by atoms with Gasteiger partial charge in [-0.15, -0.1) is 0 Å². The van der Waals surface area contributed by atoms with E-state index in [2.05, 4.69) is 16.0 Å². The molecule has 46 heavy (non-hydrogen) atoms. The van der Waals surface area contributed by atoms with Crippen LogP contribution in [0.5, 0.6) is 5.75 Å². The molecule has 242 valence electrons. The maximum atomic E-state index is 13.7. The van der Waals surface area contributed by atoms with Gasteiger partial charge in [-0.25, -0.2) is 8.42 Å². The first-order valence-electron chi connectivity index (χ1n) is 15.0. The number of hydrogen-bond donors (Lipinski definition) is 4. The van der Waals surface area contributed by atoms with Crippen LogP contribution in [0.3, 0.4) is 0 Å². The highest BCUT2D eigenvalue weighted by atomic mass is 32.2. The number of sulfone groups is 1. The van der Waals surface area contributed by atoms with E-state index in [0.717, 1.165) is 28.7 Å². The van der Waals surface area contributed by atoms with Gasteiger partial charge in [-0.05, 0) is 65.9 Å². The van der Waals surface area contributed by atoms with Crippen molar-refractivity contribution in [2.24, 2.45) is 0 Å². The highest BCUT2D eigenvalue weighted by Gasteiger charge is 2.24. The molecule has 4 aromatic carbocycles. The van der Waals surface area contributed by atoms with E-state index in [1.165, 1.54) is 18.2 Å². The molecular formula is C36H41N3O6S. The van der Waals surface area contributed by atoms with Gasteiger partial charge in [0.25, 0.3) is 11.8 Å². The zero-order valence-electron chi connectivity index (χ0n) is 26.3. The Hall–Kier alpha value is -4.51. The summed E-state index contributed by atoms with van der Waals surface area (Å²) in [7, 11) is -1.86. The van der Waals surface area contributed by atoms with Crippen molar-refractivity contribution in [3.8, 4) is 5.75 Å². The fourth-order valence-corrected chi connectivity index (χ4v) is 5.91. The Bertz CT molecular complexity index is 1710. The lowest BCUT2D eigenvalue weighted by atomic mass is 9.99. The average Bonchev–Trinajstić information content (AvgIpc) is 3.04. The normalized spacial score (nSPS) is 13.3. The molecule has 0 aliphatic heterocycles. The summed E-state index contributed by atoms with van der Waals surface area (Å²) in [6.45, 7) is 2.51. The summed E-state index contributed by atoms with van der Waals surface area (Å²) in [5, 5.41) is 20.4. The summed E-state index contributed by atoms with van der Waals surface area (Å²) in [5.74, 6) is -0.584. The molecule has 0 aromatic heterocycles. The fourth-order valence-electron chi connectivity index (χ4n) is 5.14. The van der Waals surface area contributed by atoms with Gasteiger partial charge < -0.3 is 25.8 Å². The Morgan fingerprint density at radius 2 is 1.39 bits per heavy atom. The van der Waals surface area contributed by atoms with Gasteiger partial charge in [0.15, 0.2) is 9.84 Å². The monoisotopic (exact) mass is 643 g/mol. The number of ether oxygens (including phenoxy) is 1. The van der Waals surface area contributed by atoms with E-state index >= 15 is 0 Å². The van der Waals surface area contributed by atoms with Crippen LogP contribution in [0.4, 0.5) is 0 Å². The van der Waals surface area contributed by atoms with Crippen LogP contribution in [0, 0.1) is 0 Å². The van der Waals surface area contributed by atoms with E-state index < -0.39 is 33.8 Å². The molecule has 0 spiro atoms. The molecule has 4 N–H and O–H groups in total. The van der Waals surface area contributed by atoms with Crippen LogP contribution >= 0.6 is 0 Å². The van der Waals surface area contributed by atoms with Crippen molar-refractivity contribution in [3.63, 3.8) is 0 Å². The molecule has 0 radical (unpaired) electrons. The second-order valence-corrected chi connectivity index (χ2v) is 13.6. The maximum absolute atomic E-state index is 13.7. The Labute approximate surface area is 270 Å². The summed E-state index contributed by atoms with van der Waals surface area (Å²) < 4.78 is 29.7. The van der Waals surface area contributed by atoms with E-state index in [-0.39, 0.29) is 29.5 Å². The minimum absolute atomic E-state index is 0.119. The number of benzene rings is 4. The molecule has 0 unspecified atom stereocenters. The number of nitrogens with one attached hydrogen (secondary N) is 3. The van der Waals surface area contributed by atoms with Crippen molar-refractivity contribution in [1.82, 2.24) is 16.0 Å². The Kier molecular flexibility index (Phi) is 12.1. The van der Waals surface area contributed by atoms with Gasteiger partial charge in [-0.1, -0.05) is 72.8 Å². The number of rotatable bonds is 15. The van der Waals surface area contributed by atoms with E-state index in [9.17, 15) is 23.1 Å². The quantitative estimate of drug-likeness (QED) is 0.152. The van der Waals surface area contributed by atoms with Crippen molar-refractivity contribution >= 4 is 21.7 Å². The van der Waals surface area contributed by atoms with Crippen molar-refractivity contribution in [2.45, 2.75) is 43.8 Å². The summed E-state index contributed by atoms with van der Waals surface area (Å²) in [6.07, 6.45) is 0.477. The van der Waals surface area contributed by atoms with E-state index in [1.54, 1.807) is 7.11 Å². The lowest BCUT2D eigenvalue weighted by Gasteiger charge is -2.25. The third-order valence-corrected chi connectivity index (χ3v) is 8.35. The molecule has 9 nitrogen and oxygen atoms in total. The first-order valence-corrected chi connectivity index (χ1v) is 17.1. The van der Waals surface area contributed by atoms with Crippen LogP contribution in [0.1, 0.15) is 55.9 Å². The van der Waals surface area contributed by atoms with Gasteiger partial charge in [-0.2, -0.15) is 0 Å². The summed E-state index contributed by atoms with van der Waals surface area (Å²) in [6, 6.07) is 29.9. The van der Waals surface area contributed by atoms with Crippen molar-refractivity contribution in [1.29, 1.82) is 0 Å². The second-order valence-electron chi connectivity index (χ2n) is 11.4. The van der Waals surface area contributed by atoms with Crippen LogP contribution in [0.25, 0.3) is 0 Å². The second kappa shape index (κ2) is 16.2. The summed E-state index contributed by atoms with van der Waals surface area (Å²) >= 11 is 0. The van der Waals surface area contributed by atoms with Crippen molar-refractivity contribution in [2.75, 3.05) is 19.9 Å². The number of methoxy groups -OCH3 is 1. The topological polar surface area (TPSA) is 134 Å². The molecule has 0 aliphatic carbocycles. The number of carbonyl (C=O) groups excluding carboxylic acids is 2. The minimum atomic E-state index is -3.46. The first kappa shape index (κ1) is 34.4. The highest BCUT2D eigenvalue weighted by Crippen LogP contribution is 2.18. The van der Waals surface area contributed by atoms with Gasteiger partial charge in [-0.3, -0.25) is 9.59 Å². The van der Waals surface area contributed by atoms with E-state index in [4.69, 9.17) is 4.74 Å². The predicted octanol–water partition coefficient (Wildman–Crippen LogP) is 4.22. The van der Waals surface area contributed by atoms with Gasteiger partial charge in [0, 0.05) is 30.5 Å². The lowest BCUT2D eigenvalue weighted by Crippen LogP contribution is -2.48. The summed E-state index contributed by atoms with van der Waals surface area (Å²) in [5.41, 5.74) is 3.39. The molecule has 4 aromatic rings. The molecule has 0 heterocycles. The SMILES string of the molecule is COc1cccc(CNC[C@@H](O)[C@H](Cc2ccccc2)NC(=O)c2cc(CS(C)(=O)=O)cc(C(=O)N[C@H](C)c3ccccc3)c2)c1. The van der Waals surface area contributed by atoms with Crippen LogP contribution in [-0.4, -0.2) is 57.4 Å². The first-order chi connectivity index (χ1) is 22.0. The molecule has 0 saturated carbocycles. The number of amides is 2. The number of carbonyl (C=O) groups is 2. The van der Waals surface area contributed by atoms with Crippen LogP contribution < -0.4 is 20.7 Å². The minimum Gasteiger partial charge on any atom is -0.497 e. The molecular weight excluding hydrogens is 602 g/mol. The fraction of sp³-hybridized carbons (Fsp3) is 0.278. The standard InChI is InChI=1S/C36H41N3O6S/c1-25(29-14-8-5-9-15-29)38-35(41)30-17-28(24-46(3,43)44)18-31(21-30)36(42)39-33(20-26-11-6-4-7-12-26)34(40)23-37-22-27-13-10-16-32(19-27)45-2/h4-19,21,25,33-34,37,40H,20,22-24H2,1-3H3,(H,38,41)(H,39,42)/t25-,33+,34-/m1/s1. The molecule has 3 atom stereocenters. The summed E-state index contributed by atoms with van der Waals surface area (Å²) in [4.78, 5) is 27.0. The number of hydrogen-bond acceptors (Lipinski definition) is 7. The van der Waals surface area contributed by atoms with Gasteiger partial charge in [0.05, 0.1) is 31.1 Å². The lowest BCUT2D eigenvalue weighted by molar-refractivity contribution is 0.0829. The smallest absolute Gasteiger partial charge is 0.251 e. The Balaban J connectivity index is 1.54. The zero-order chi connectivity index (χ0) is 33.1. The highest BCUT2D eigenvalue weighted by molar-refractivity contribution is 7.89. The van der Waals surface area contributed by atoms with Gasteiger partial charge in [0.1, 0.15) is 5.75 Å². The molecule has 10 heteroatoms. The zero-order valence-corrected chi connectivity index (χ0v) is 27.1. The van der Waals surface area contributed by atoms with Crippen molar-refractivity contribution in [3.05, 3.63) is 137 Å². The Morgan fingerprint density at radius 3 is 2.02 bits per heavy atom. The van der Waals surface area contributed by atoms with Gasteiger partial charge >= 0.3 is 0 Å². The van der Waals surface area contributed by atoms with Crippen LogP contribution in [0.15, 0.2) is 103 Å². The molecule has 0 saturated heterocycles.